The summed E-state index contributed by atoms with van der Waals surface area (Å²) in [6.07, 6.45) is 0. The predicted octanol–water partition coefficient (Wildman–Crippen LogP) is 4.11. The topological polar surface area (TPSA) is 25.2 Å². The molecular formula is C14H16BrNO. The maximum Gasteiger partial charge on any atom is 0.169 e. The van der Waals surface area contributed by atoms with E-state index in [1.165, 1.54) is 5.56 Å². The molecule has 0 amide bonds. The highest BCUT2D eigenvalue weighted by molar-refractivity contribution is 9.10. The molecule has 1 N–H and O–H groups in total. The van der Waals surface area contributed by atoms with Crippen LogP contribution >= 0.6 is 15.9 Å². The van der Waals surface area contributed by atoms with E-state index in [-0.39, 0.29) is 6.04 Å². The number of hydrogen-bond donors (Lipinski definition) is 1. The second-order valence-electron chi connectivity index (χ2n) is 4.11. The molecule has 2 nitrogen and oxygen atoms in total. The van der Waals surface area contributed by atoms with Crippen LogP contribution in [0.1, 0.15) is 30.2 Å². The molecule has 0 spiro atoms. The Kier molecular flexibility index (Phi) is 4.02. The van der Waals surface area contributed by atoms with E-state index in [9.17, 15) is 0 Å². The van der Waals surface area contributed by atoms with Gasteiger partial charge in [0.2, 0.25) is 0 Å². The molecule has 0 fully saturated rings. The van der Waals surface area contributed by atoms with Crippen molar-refractivity contribution in [3.8, 4) is 0 Å². The third kappa shape index (κ3) is 2.79. The lowest BCUT2D eigenvalue weighted by molar-refractivity contribution is 0.386. The minimum atomic E-state index is 0.184. The summed E-state index contributed by atoms with van der Waals surface area (Å²) in [5, 5.41) is 3.32. The minimum absolute atomic E-state index is 0.184. The van der Waals surface area contributed by atoms with Crippen molar-refractivity contribution in [2.75, 3.05) is 7.05 Å². The number of benzene rings is 1. The fourth-order valence-electron chi connectivity index (χ4n) is 2.08. The molecule has 0 saturated carbocycles. The number of furan rings is 1. The molecule has 0 aliphatic carbocycles. The average molecular weight is 294 g/mol. The molecule has 2 atom stereocenters. The number of rotatable bonds is 4. The summed E-state index contributed by atoms with van der Waals surface area (Å²) >= 11 is 3.34. The van der Waals surface area contributed by atoms with Gasteiger partial charge in [0.1, 0.15) is 5.76 Å². The summed E-state index contributed by atoms with van der Waals surface area (Å²) in [5.74, 6) is 1.31. The van der Waals surface area contributed by atoms with Gasteiger partial charge in [0.15, 0.2) is 4.67 Å². The Balaban J connectivity index is 2.25. The van der Waals surface area contributed by atoms with E-state index in [1.807, 2.05) is 25.2 Å². The van der Waals surface area contributed by atoms with Gasteiger partial charge in [0.25, 0.3) is 0 Å². The lowest BCUT2D eigenvalue weighted by Gasteiger charge is -2.22. The van der Waals surface area contributed by atoms with Crippen LogP contribution in [-0.2, 0) is 0 Å². The van der Waals surface area contributed by atoms with Crippen LogP contribution in [-0.4, -0.2) is 7.05 Å². The quantitative estimate of drug-likeness (QED) is 0.918. The highest BCUT2D eigenvalue weighted by atomic mass is 79.9. The average Bonchev–Trinajstić information content (AvgIpc) is 2.78. The maximum absolute atomic E-state index is 5.63. The van der Waals surface area contributed by atoms with E-state index < -0.39 is 0 Å². The first kappa shape index (κ1) is 12.4. The Morgan fingerprint density at radius 2 is 1.82 bits per heavy atom. The summed E-state index contributed by atoms with van der Waals surface area (Å²) in [6, 6.07) is 14.6. The van der Waals surface area contributed by atoms with E-state index in [0.717, 1.165) is 10.4 Å². The van der Waals surface area contributed by atoms with Crippen molar-refractivity contribution in [2.45, 2.75) is 18.9 Å². The molecule has 3 heteroatoms. The summed E-state index contributed by atoms with van der Waals surface area (Å²) in [4.78, 5) is 0. The van der Waals surface area contributed by atoms with Crippen LogP contribution < -0.4 is 5.32 Å². The first-order valence-corrected chi connectivity index (χ1v) is 6.49. The van der Waals surface area contributed by atoms with Gasteiger partial charge < -0.3 is 9.73 Å². The summed E-state index contributed by atoms with van der Waals surface area (Å²) in [5.41, 5.74) is 1.30. The van der Waals surface area contributed by atoms with Gasteiger partial charge in [-0.3, -0.25) is 0 Å². The molecule has 0 aliphatic rings. The summed E-state index contributed by atoms with van der Waals surface area (Å²) < 4.78 is 6.40. The lowest BCUT2D eigenvalue weighted by Crippen LogP contribution is -2.21. The van der Waals surface area contributed by atoms with Crippen molar-refractivity contribution in [3.63, 3.8) is 0 Å². The first-order chi connectivity index (χ1) is 8.22. The van der Waals surface area contributed by atoms with Crippen LogP contribution in [0.15, 0.2) is 51.6 Å². The van der Waals surface area contributed by atoms with E-state index in [4.69, 9.17) is 4.42 Å². The molecule has 17 heavy (non-hydrogen) atoms. The molecule has 1 heterocycles. The van der Waals surface area contributed by atoms with Gasteiger partial charge in [-0.05, 0) is 40.7 Å². The van der Waals surface area contributed by atoms with Gasteiger partial charge in [-0.2, -0.15) is 0 Å². The van der Waals surface area contributed by atoms with Crippen LogP contribution in [0.2, 0.25) is 0 Å². The smallest absolute Gasteiger partial charge is 0.169 e. The van der Waals surface area contributed by atoms with Gasteiger partial charge in [-0.25, -0.2) is 0 Å². The Morgan fingerprint density at radius 1 is 1.12 bits per heavy atom. The van der Waals surface area contributed by atoms with Gasteiger partial charge in [-0.15, -0.1) is 0 Å². The van der Waals surface area contributed by atoms with E-state index in [2.05, 4.69) is 52.4 Å². The number of hydrogen-bond acceptors (Lipinski definition) is 2. The van der Waals surface area contributed by atoms with Crippen molar-refractivity contribution in [3.05, 3.63) is 58.5 Å². The molecule has 2 aromatic rings. The minimum Gasteiger partial charge on any atom is -0.453 e. The van der Waals surface area contributed by atoms with Crippen LogP contribution in [0.4, 0.5) is 0 Å². The molecule has 0 radical (unpaired) electrons. The third-order valence-electron chi connectivity index (χ3n) is 3.04. The van der Waals surface area contributed by atoms with Crippen molar-refractivity contribution in [2.24, 2.45) is 0 Å². The van der Waals surface area contributed by atoms with Crippen LogP contribution in [0.3, 0.4) is 0 Å². The molecule has 0 bridgehead atoms. The predicted molar refractivity (Wildman–Crippen MR) is 73.1 cm³/mol. The van der Waals surface area contributed by atoms with E-state index in [1.54, 1.807) is 0 Å². The van der Waals surface area contributed by atoms with Crippen LogP contribution in [0, 0.1) is 0 Å². The summed E-state index contributed by atoms with van der Waals surface area (Å²) in [6.45, 7) is 2.20. The monoisotopic (exact) mass is 293 g/mol. The van der Waals surface area contributed by atoms with Crippen LogP contribution in [0.5, 0.6) is 0 Å². The normalized spacial score (nSPS) is 14.5. The van der Waals surface area contributed by atoms with Gasteiger partial charge in [0.05, 0.1) is 6.04 Å². The second-order valence-corrected chi connectivity index (χ2v) is 4.89. The molecule has 90 valence electrons. The van der Waals surface area contributed by atoms with Gasteiger partial charge in [0, 0.05) is 5.92 Å². The zero-order valence-corrected chi connectivity index (χ0v) is 11.6. The van der Waals surface area contributed by atoms with Gasteiger partial charge >= 0.3 is 0 Å². The van der Waals surface area contributed by atoms with Crippen molar-refractivity contribution in [1.29, 1.82) is 0 Å². The molecule has 0 saturated heterocycles. The van der Waals surface area contributed by atoms with Gasteiger partial charge in [-0.1, -0.05) is 37.3 Å². The summed E-state index contributed by atoms with van der Waals surface area (Å²) in [7, 11) is 1.96. The Hall–Kier alpha value is -1.06. The number of nitrogens with one attached hydrogen (secondary N) is 1. The molecule has 0 aliphatic heterocycles. The zero-order valence-electron chi connectivity index (χ0n) is 9.98. The Labute approximate surface area is 110 Å². The van der Waals surface area contributed by atoms with Crippen molar-refractivity contribution < 1.29 is 4.42 Å². The lowest BCUT2D eigenvalue weighted by atomic mass is 9.92. The standard InChI is InChI=1S/C14H16BrNO/c1-10(11-6-4-3-5-7-11)14(16-2)12-8-9-13(15)17-12/h3-10,14,16H,1-2H3. The molecular weight excluding hydrogens is 278 g/mol. The van der Waals surface area contributed by atoms with Crippen LogP contribution in [0.25, 0.3) is 0 Å². The molecule has 2 rings (SSSR count). The molecule has 1 aromatic carbocycles. The number of likely N-dealkylation sites (N-methyl/N-ethyl adjacent to an activating group) is 1. The fourth-order valence-corrected chi connectivity index (χ4v) is 2.40. The van der Waals surface area contributed by atoms with E-state index >= 15 is 0 Å². The van der Waals surface area contributed by atoms with Crippen molar-refractivity contribution >= 4 is 15.9 Å². The highest BCUT2D eigenvalue weighted by Gasteiger charge is 2.21. The molecule has 1 aromatic heterocycles. The fraction of sp³-hybridized carbons (Fsp3) is 0.286. The first-order valence-electron chi connectivity index (χ1n) is 5.70. The zero-order chi connectivity index (χ0) is 12.3. The SMILES string of the molecule is CNC(c1ccc(Br)o1)C(C)c1ccccc1. The Morgan fingerprint density at radius 3 is 2.35 bits per heavy atom. The van der Waals surface area contributed by atoms with E-state index in [0.29, 0.717) is 5.92 Å². The highest BCUT2D eigenvalue weighted by Crippen LogP contribution is 2.32. The maximum atomic E-state index is 5.63. The third-order valence-corrected chi connectivity index (χ3v) is 3.46. The number of halogens is 1. The van der Waals surface area contributed by atoms with Crippen molar-refractivity contribution in [1.82, 2.24) is 5.32 Å². The molecule has 2 unspecified atom stereocenters. The second kappa shape index (κ2) is 5.52. The largest absolute Gasteiger partial charge is 0.453 e. The Bertz CT molecular complexity index is 466.